The van der Waals surface area contributed by atoms with E-state index in [4.69, 9.17) is 8.83 Å². The number of fused-ring (bicyclic) bond motifs is 1. The number of hydrogen-bond acceptors (Lipinski definition) is 4. The zero-order valence-corrected chi connectivity index (χ0v) is 13.4. The Morgan fingerprint density at radius 1 is 0.960 bits per heavy atom. The van der Waals surface area contributed by atoms with Crippen molar-refractivity contribution >= 4 is 22.5 Å². The molecule has 0 aliphatic carbocycles. The lowest BCUT2D eigenvalue weighted by Gasteiger charge is -2.07. The molecule has 124 valence electrons. The molecule has 0 spiro atoms. The average Bonchev–Trinajstić information content (AvgIpc) is 2.94. The summed E-state index contributed by atoms with van der Waals surface area (Å²) in [5.74, 6) is 0.281. The van der Waals surface area contributed by atoms with E-state index in [1.54, 1.807) is 31.2 Å². The lowest BCUT2D eigenvalue weighted by molar-refractivity contribution is 0.485. The first kappa shape index (κ1) is 15.2. The molecule has 2 aromatic carbocycles. The van der Waals surface area contributed by atoms with Crippen molar-refractivity contribution in [3.63, 3.8) is 0 Å². The monoisotopic (exact) mass is 335 g/mol. The maximum absolute atomic E-state index is 14.4. The number of furan rings is 1. The standard InChI is InChI=1S/C20H14FNO3/c1-12-11-16-18(20(23)24-12)17(14-9-5-6-10-15(14)21)19(25-16)22-13-7-3-2-4-8-13/h2-11,22H,1H3. The molecule has 0 aliphatic rings. The molecule has 4 rings (SSSR count). The predicted octanol–water partition coefficient (Wildman–Crippen LogP) is 5.24. The molecule has 0 aliphatic heterocycles. The van der Waals surface area contributed by atoms with Crippen molar-refractivity contribution in [3.8, 4) is 11.1 Å². The van der Waals surface area contributed by atoms with E-state index in [0.29, 0.717) is 22.8 Å². The van der Waals surface area contributed by atoms with Crippen LogP contribution < -0.4 is 10.9 Å². The van der Waals surface area contributed by atoms with Crippen molar-refractivity contribution in [1.29, 1.82) is 0 Å². The molecule has 0 saturated carbocycles. The van der Waals surface area contributed by atoms with E-state index < -0.39 is 11.4 Å². The van der Waals surface area contributed by atoms with Crippen LogP contribution in [0.15, 0.2) is 74.3 Å². The van der Waals surface area contributed by atoms with Gasteiger partial charge in [0.05, 0.1) is 5.56 Å². The number of nitrogens with one attached hydrogen (secondary N) is 1. The number of anilines is 2. The van der Waals surface area contributed by atoms with Crippen LogP contribution in [0.25, 0.3) is 22.1 Å². The summed E-state index contributed by atoms with van der Waals surface area (Å²) in [6, 6.07) is 17.2. The van der Waals surface area contributed by atoms with E-state index in [9.17, 15) is 9.18 Å². The summed E-state index contributed by atoms with van der Waals surface area (Å²) in [5, 5.41) is 3.34. The molecule has 0 unspecified atom stereocenters. The van der Waals surface area contributed by atoms with Gasteiger partial charge in [-0.25, -0.2) is 9.18 Å². The number of halogens is 1. The molecule has 0 fully saturated rings. The number of hydrogen-bond donors (Lipinski definition) is 1. The fraction of sp³-hybridized carbons (Fsp3) is 0.0500. The third-order valence-corrected chi connectivity index (χ3v) is 3.90. The lowest BCUT2D eigenvalue weighted by atomic mass is 10.0. The average molecular weight is 335 g/mol. The maximum atomic E-state index is 14.4. The number of benzene rings is 2. The first-order valence-corrected chi connectivity index (χ1v) is 7.77. The van der Waals surface area contributed by atoms with Crippen LogP contribution >= 0.6 is 0 Å². The minimum atomic E-state index is -0.557. The molecule has 1 N–H and O–H groups in total. The maximum Gasteiger partial charge on any atom is 0.347 e. The number of aryl methyl sites for hydroxylation is 1. The van der Waals surface area contributed by atoms with Gasteiger partial charge < -0.3 is 14.2 Å². The summed E-state index contributed by atoms with van der Waals surface area (Å²) in [6.45, 7) is 1.66. The SMILES string of the molecule is Cc1cc2oc(Nc3ccccc3)c(-c3ccccc3F)c2c(=O)o1. The smallest absolute Gasteiger partial charge is 0.347 e. The molecular weight excluding hydrogens is 321 g/mol. The number of para-hydroxylation sites is 1. The molecule has 0 saturated heterocycles. The van der Waals surface area contributed by atoms with E-state index in [0.717, 1.165) is 5.69 Å². The van der Waals surface area contributed by atoms with Crippen LogP contribution in [0.4, 0.5) is 16.0 Å². The van der Waals surface area contributed by atoms with Gasteiger partial charge in [0.2, 0.25) is 5.88 Å². The van der Waals surface area contributed by atoms with Crippen LogP contribution in [0.2, 0.25) is 0 Å². The Bertz CT molecular complexity index is 1110. The van der Waals surface area contributed by atoms with E-state index >= 15 is 0 Å². The molecule has 0 atom stereocenters. The highest BCUT2D eigenvalue weighted by atomic mass is 19.1. The van der Waals surface area contributed by atoms with Crippen molar-refractivity contribution in [2.24, 2.45) is 0 Å². The van der Waals surface area contributed by atoms with Crippen LogP contribution in [-0.4, -0.2) is 0 Å². The summed E-state index contributed by atoms with van der Waals surface area (Å²) in [4.78, 5) is 12.4. The Morgan fingerprint density at radius 2 is 1.68 bits per heavy atom. The zero-order valence-electron chi connectivity index (χ0n) is 13.4. The van der Waals surface area contributed by atoms with E-state index in [2.05, 4.69) is 5.32 Å². The topological polar surface area (TPSA) is 55.4 Å². The van der Waals surface area contributed by atoms with Crippen LogP contribution in [-0.2, 0) is 0 Å². The van der Waals surface area contributed by atoms with Crippen LogP contribution in [0.5, 0.6) is 0 Å². The first-order chi connectivity index (χ1) is 12.1. The second kappa shape index (κ2) is 5.94. The van der Waals surface area contributed by atoms with E-state index in [-0.39, 0.29) is 10.9 Å². The van der Waals surface area contributed by atoms with Crippen LogP contribution in [0.1, 0.15) is 5.76 Å². The lowest BCUT2D eigenvalue weighted by Crippen LogP contribution is -2.01. The third-order valence-electron chi connectivity index (χ3n) is 3.90. The molecule has 2 heterocycles. The Hall–Kier alpha value is -3.34. The zero-order chi connectivity index (χ0) is 17.4. The van der Waals surface area contributed by atoms with Crippen LogP contribution in [0, 0.1) is 12.7 Å². The largest absolute Gasteiger partial charge is 0.439 e. The molecule has 0 amide bonds. The highest BCUT2D eigenvalue weighted by Gasteiger charge is 2.22. The minimum absolute atomic E-state index is 0.217. The van der Waals surface area contributed by atoms with Crippen molar-refractivity contribution in [2.75, 3.05) is 5.32 Å². The number of rotatable bonds is 3. The van der Waals surface area contributed by atoms with Gasteiger partial charge in [0.15, 0.2) is 0 Å². The second-order valence-corrected chi connectivity index (χ2v) is 5.66. The van der Waals surface area contributed by atoms with Gasteiger partial charge in [-0.15, -0.1) is 0 Å². The Balaban J connectivity index is 2.02. The summed E-state index contributed by atoms with van der Waals surface area (Å²) in [7, 11) is 0. The normalized spacial score (nSPS) is 11.0. The van der Waals surface area contributed by atoms with Crippen molar-refractivity contribution in [2.45, 2.75) is 6.92 Å². The summed E-state index contributed by atoms with van der Waals surface area (Å²) in [5.41, 5.74) is 1.19. The van der Waals surface area contributed by atoms with Crippen molar-refractivity contribution in [3.05, 3.63) is 82.7 Å². The molecule has 4 aromatic rings. The van der Waals surface area contributed by atoms with Crippen molar-refractivity contribution in [1.82, 2.24) is 0 Å². The Kier molecular flexibility index (Phi) is 3.61. The molecule has 0 radical (unpaired) electrons. The van der Waals surface area contributed by atoms with Gasteiger partial charge in [-0.05, 0) is 25.1 Å². The van der Waals surface area contributed by atoms with E-state index in [1.807, 2.05) is 30.3 Å². The second-order valence-electron chi connectivity index (χ2n) is 5.66. The van der Waals surface area contributed by atoms with E-state index in [1.165, 1.54) is 6.07 Å². The van der Waals surface area contributed by atoms with Gasteiger partial charge in [-0.3, -0.25) is 0 Å². The molecule has 4 nitrogen and oxygen atoms in total. The van der Waals surface area contributed by atoms with Gasteiger partial charge in [0.1, 0.15) is 22.5 Å². The molecule has 5 heteroatoms. The Labute approximate surface area is 142 Å². The van der Waals surface area contributed by atoms with Gasteiger partial charge in [0.25, 0.3) is 0 Å². The summed E-state index contributed by atoms with van der Waals surface area (Å²) in [6.07, 6.45) is 0. The molecule has 0 bridgehead atoms. The van der Waals surface area contributed by atoms with Gasteiger partial charge in [-0.2, -0.15) is 0 Å². The molecule has 2 aromatic heterocycles. The molecular formula is C20H14FNO3. The first-order valence-electron chi connectivity index (χ1n) is 7.77. The van der Waals surface area contributed by atoms with Gasteiger partial charge in [0, 0.05) is 17.3 Å². The highest BCUT2D eigenvalue weighted by Crippen LogP contribution is 2.39. The fourth-order valence-electron chi connectivity index (χ4n) is 2.83. The quantitative estimate of drug-likeness (QED) is 0.556. The Morgan fingerprint density at radius 3 is 2.44 bits per heavy atom. The fourth-order valence-corrected chi connectivity index (χ4v) is 2.83. The predicted molar refractivity (Wildman–Crippen MR) is 94.6 cm³/mol. The molecule has 25 heavy (non-hydrogen) atoms. The van der Waals surface area contributed by atoms with Crippen molar-refractivity contribution < 1.29 is 13.2 Å². The van der Waals surface area contributed by atoms with Crippen LogP contribution in [0.3, 0.4) is 0 Å². The minimum Gasteiger partial charge on any atom is -0.439 e. The third kappa shape index (κ3) is 2.70. The summed E-state index contributed by atoms with van der Waals surface area (Å²) < 4.78 is 25.4. The van der Waals surface area contributed by atoms with Gasteiger partial charge >= 0.3 is 5.63 Å². The highest BCUT2D eigenvalue weighted by molar-refractivity contribution is 6.00. The summed E-state index contributed by atoms with van der Waals surface area (Å²) >= 11 is 0. The van der Waals surface area contributed by atoms with Gasteiger partial charge in [-0.1, -0.05) is 36.4 Å².